The van der Waals surface area contributed by atoms with Gasteiger partial charge in [-0.25, -0.2) is 4.98 Å². The molecule has 21 heavy (non-hydrogen) atoms. The summed E-state index contributed by atoms with van der Waals surface area (Å²) in [5.41, 5.74) is 1.17. The van der Waals surface area contributed by atoms with Crippen molar-refractivity contribution in [2.75, 3.05) is 18.0 Å². The number of hydrogen-bond acceptors (Lipinski definition) is 4. The van der Waals surface area contributed by atoms with Gasteiger partial charge in [0.15, 0.2) is 5.82 Å². The first kappa shape index (κ1) is 13.9. The van der Waals surface area contributed by atoms with E-state index in [2.05, 4.69) is 43.2 Å². The molecule has 0 unspecified atom stereocenters. The quantitative estimate of drug-likeness (QED) is 0.875. The molecule has 0 amide bonds. The summed E-state index contributed by atoms with van der Waals surface area (Å²) in [5, 5.41) is 3.58. The van der Waals surface area contributed by atoms with E-state index in [0.717, 1.165) is 32.5 Å². The van der Waals surface area contributed by atoms with E-state index in [-0.39, 0.29) is 5.56 Å². The lowest BCUT2D eigenvalue weighted by molar-refractivity contribution is 0.419. The molecule has 1 saturated heterocycles. The first-order chi connectivity index (χ1) is 10.2. The van der Waals surface area contributed by atoms with E-state index in [4.69, 9.17) is 0 Å². The molecule has 2 aromatic rings. The molecule has 0 aliphatic carbocycles. The Kier molecular flexibility index (Phi) is 4.06. The molecular formula is C15H21N5O. The lowest BCUT2D eigenvalue weighted by Gasteiger charge is -2.33. The molecule has 0 bridgehead atoms. The number of rotatable bonds is 4. The number of hydrogen-bond donors (Lipinski definition) is 2. The van der Waals surface area contributed by atoms with E-state index in [1.165, 1.54) is 5.56 Å². The third-order valence-electron chi connectivity index (χ3n) is 3.90. The predicted molar refractivity (Wildman–Crippen MR) is 82.3 cm³/mol. The highest BCUT2D eigenvalue weighted by molar-refractivity contribution is 5.36. The zero-order valence-corrected chi connectivity index (χ0v) is 12.2. The molecular weight excluding hydrogens is 266 g/mol. The fraction of sp³-hybridized carbons (Fsp3) is 0.467. The molecule has 6 heteroatoms. The van der Waals surface area contributed by atoms with Crippen LogP contribution in [0.15, 0.2) is 35.6 Å². The van der Waals surface area contributed by atoms with Crippen LogP contribution in [0.5, 0.6) is 0 Å². The Morgan fingerprint density at radius 1 is 1.52 bits per heavy atom. The van der Waals surface area contributed by atoms with Gasteiger partial charge >= 0.3 is 0 Å². The topological polar surface area (TPSA) is 66.0 Å². The molecule has 1 aliphatic rings. The fourth-order valence-corrected chi connectivity index (χ4v) is 2.83. The summed E-state index contributed by atoms with van der Waals surface area (Å²) >= 11 is 0. The highest BCUT2D eigenvalue weighted by Crippen LogP contribution is 2.14. The Balaban J connectivity index is 1.61. The van der Waals surface area contributed by atoms with Crippen molar-refractivity contribution in [1.29, 1.82) is 0 Å². The normalized spacial score (nSPS) is 18.9. The Morgan fingerprint density at radius 3 is 3.19 bits per heavy atom. The number of aryl methyl sites for hydroxylation is 1. The van der Waals surface area contributed by atoms with Gasteiger partial charge < -0.3 is 19.8 Å². The van der Waals surface area contributed by atoms with Crippen LogP contribution in [0.3, 0.4) is 0 Å². The maximum atomic E-state index is 11.8. The third-order valence-corrected chi connectivity index (χ3v) is 3.90. The van der Waals surface area contributed by atoms with Gasteiger partial charge in [0.25, 0.3) is 5.56 Å². The molecule has 3 rings (SSSR count). The van der Waals surface area contributed by atoms with Crippen LogP contribution in [0.1, 0.15) is 18.4 Å². The number of aromatic nitrogens is 3. The van der Waals surface area contributed by atoms with E-state index in [9.17, 15) is 4.79 Å². The van der Waals surface area contributed by atoms with E-state index < -0.39 is 0 Å². The van der Waals surface area contributed by atoms with Crippen molar-refractivity contribution in [3.8, 4) is 0 Å². The lowest BCUT2D eigenvalue weighted by Crippen LogP contribution is -2.47. The Hall–Kier alpha value is -2.08. The molecule has 0 aromatic carbocycles. The monoisotopic (exact) mass is 287 g/mol. The van der Waals surface area contributed by atoms with Crippen LogP contribution >= 0.6 is 0 Å². The van der Waals surface area contributed by atoms with Gasteiger partial charge in [-0.1, -0.05) is 0 Å². The zero-order chi connectivity index (χ0) is 14.7. The average Bonchev–Trinajstić information content (AvgIpc) is 2.92. The average molecular weight is 287 g/mol. The molecule has 3 heterocycles. The summed E-state index contributed by atoms with van der Waals surface area (Å²) in [6.07, 6.45) is 9.59. The molecule has 2 N–H and O–H groups in total. The van der Waals surface area contributed by atoms with Crippen LogP contribution in [-0.4, -0.2) is 33.7 Å². The Labute approximate surface area is 123 Å². The molecule has 1 aliphatic heterocycles. The van der Waals surface area contributed by atoms with Crippen LogP contribution in [-0.2, 0) is 13.6 Å². The second-order valence-electron chi connectivity index (χ2n) is 5.59. The molecule has 6 nitrogen and oxygen atoms in total. The van der Waals surface area contributed by atoms with Gasteiger partial charge in [0.1, 0.15) is 0 Å². The van der Waals surface area contributed by atoms with Crippen LogP contribution < -0.4 is 15.8 Å². The van der Waals surface area contributed by atoms with Crippen LogP contribution in [0, 0.1) is 0 Å². The zero-order valence-electron chi connectivity index (χ0n) is 12.2. The summed E-state index contributed by atoms with van der Waals surface area (Å²) in [6.45, 7) is 2.58. The summed E-state index contributed by atoms with van der Waals surface area (Å²) < 4.78 is 2.05. The van der Waals surface area contributed by atoms with Crippen LogP contribution in [0.2, 0.25) is 0 Å². The van der Waals surface area contributed by atoms with E-state index in [1.807, 2.05) is 7.05 Å². The maximum absolute atomic E-state index is 11.8. The van der Waals surface area contributed by atoms with Gasteiger partial charge in [-0.05, 0) is 24.5 Å². The highest BCUT2D eigenvalue weighted by atomic mass is 16.1. The molecule has 112 valence electrons. The Bertz CT molecular complexity index is 647. The molecule has 1 fully saturated rings. The van der Waals surface area contributed by atoms with Gasteiger partial charge in [0.2, 0.25) is 0 Å². The Morgan fingerprint density at radius 2 is 2.43 bits per heavy atom. The van der Waals surface area contributed by atoms with E-state index in [1.54, 1.807) is 12.4 Å². The third kappa shape index (κ3) is 3.33. The minimum atomic E-state index is -0.110. The lowest BCUT2D eigenvalue weighted by atomic mass is 10.1. The molecule has 1 atom stereocenters. The largest absolute Gasteiger partial charge is 0.357 e. The van der Waals surface area contributed by atoms with Crippen molar-refractivity contribution in [1.82, 2.24) is 19.9 Å². The maximum Gasteiger partial charge on any atom is 0.290 e. The van der Waals surface area contributed by atoms with E-state index >= 15 is 0 Å². The van der Waals surface area contributed by atoms with Crippen molar-refractivity contribution in [2.45, 2.75) is 25.4 Å². The molecule has 0 spiro atoms. The number of piperidine rings is 1. The predicted octanol–water partition coefficient (Wildman–Crippen LogP) is 0.867. The first-order valence-electron chi connectivity index (χ1n) is 7.35. The first-order valence-corrected chi connectivity index (χ1v) is 7.35. The van der Waals surface area contributed by atoms with Gasteiger partial charge in [0.05, 0.1) is 0 Å². The van der Waals surface area contributed by atoms with Gasteiger partial charge in [-0.15, -0.1) is 0 Å². The highest BCUT2D eigenvalue weighted by Gasteiger charge is 2.22. The summed E-state index contributed by atoms with van der Waals surface area (Å²) in [7, 11) is 2.03. The molecule has 2 aromatic heterocycles. The van der Waals surface area contributed by atoms with Crippen LogP contribution in [0.4, 0.5) is 5.82 Å². The molecule has 0 radical (unpaired) electrons. The van der Waals surface area contributed by atoms with Gasteiger partial charge in [-0.3, -0.25) is 4.79 Å². The van der Waals surface area contributed by atoms with Crippen molar-refractivity contribution in [3.63, 3.8) is 0 Å². The number of H-pyrrole nitrogens is 1. The van der Waals surface area contributed by atoms with Crippen LogP contribution in [0.25, 0.3) is 0 Å². The van der Waals surface area contributed by atoms with Gasteiger partial charge in [-0.2, -0.15) is 0 Å². The van der Waals surface area contributed by atoms with Crippen molar-refractivity contribution in [2.24, 2.45) is 7.05 Å². The standard InChI is InChI=1S/C15H21N5O/c1-19-8-4-12(10-19)9-18-13-3-2-7-20(11-13)14-15(21)17-6-5-16-14/h4-6,8,10,13,18H,2-3,7,9,11H2,1H3,(H,17,21)/t13-/m1/s1. The number of aromatic amines is 1. The smallest absolute Gasteiger partial charge is 0.290 e. The summed E-state index contributed by atoms with van der Waals surface area (Å²) in [6, 6.07) is 2.51. The number of anilines is 1. The fourth-order valence-electron chi connectivity index (χ4n) is 2.83. The van der Waals surface area contributed by atoms with E-state index in [0.29, 0.717) is 11.9 Å². The van der Waals surface area contributed by atoms with Crippen molar-refractivity contribution >= 4 is 5.82 Å². The van der Waals surface area contributed by atoms with Crippen molar-refractivity contribution in [3.05, 3.63) is 46.8 Å². The number of nitrogens with one attached hydrogen (secondary N) is 2. The second-order valence-corrected chi connectivity index (χ2v) is 5.59. The van der Waals surface area contributed by atoms with Crippen molar-refractivity contribution < 1.29 is 0 Å². The SMILES string of the molecule is Cn1ccc(CN[C@@H]2CCCN(c3ncc[nH]c3=O)C2)c1. The van der Waals surface area contributed by atoms with Gasteiger partial charge in [0, 0.05) is 57.5 Å². The summed E-state index contributed by atoms with van der Waals surface area (Å²) in [5.74, 6) is 0.531. The number of nitrogens with zero attached hydrogens (tertiary/aromatic N) is 3. The minimum absolute atomic E-state index is 0.110. The minimum Gasteiger partial charge on any atom is -0.357 e. The summed E-state index contributed by atoms with van der Waals surface area (Å²) in [4.78, 5) is 20.8. The molecule has 0 saturated carbocycles. The second kappa shape index (κ2) is 6.13.